The molecule has 1 aromatic rings. The first-order valence-electron chi connectivity index (χ1n) is 6.25. The highest BCUT2D eigenvalue weighted by Crippen LogP contribution is 2.24. The molecule has 0 radical (unpaired) electrons. The van der Waals surface area contributed by atoms with Gasteiger partial charge in [-0.25, -0.2) is 8.42 Å². The Morgan fingerprint density at radius 3 is 2.55 bits per heavy atom. The van der Waals surface area contributed by atoms with Crippen molar-refractivity contribution in [1.29, 1.82) is 0 Å². The summed E-state index contributed by atoms with van der Waals surface area (Å²) in [7, 11) is -3.57. The van der Waals surface area contributed by atoms with Crippen LogP contribution in [0.2, 0.25) is 0 Å². The molecule has 0 aliphatic carbocycles. The van der Waals surface area contributed by atoms with E-state index < -0.39 is 15.7 Å². The molecule has 0 atom stereocenters. The van der Waals surface area contributed by atoms with Crippen LogP contribution in [0.4, 0.5) is 0 Å². The van der Waals surface area contributed by atoms with Crippen LogP contribution in [-0.4, -0.2) is 34.1 Å². The standard InChI is InChI=1S/C14H17NO4S/c1-14(10-19-11-14)9-15-13(16)7-8-20(17,18)12-5-3-2-4-6-12/h2-8H,9-11H2,1H3,(H,15,16)/b8-7+. The lowest BCUT2D eigenvalue weighted by Gasteiger charge is -2.37. The average Bonchev–Trinajstić information content (AvgIpc) is 2.42. The minimum Gasteiger partial charge on any atom is -0.380 e. The second-order valence-corrected chi connectivity index (χ2v) is 7.02. The van der Waals surface area contributed by atoms with Gasteiger partial charge in [0.05, 0.1) is 18.1 Å². The van der Waals surface area contributed by atoms with Crippen molar-refractivity contribution in [3.63, 3.8) is 0 Å². The molecule has 0 unspecified atom stereocenters. The topological polar surface area (TPSA) is 72.5 Å². The Balaban J connectivity index is 1.93. The lowest BCUT2D eigenvalue weighted by atomic mass is 9.89. The Morgan fingerprint density at radius 2 is 2.00 bits per heavy atom. The maximum Gasteiger partial charge on any atom is 0.244 e. The van der Waals surface area contributed by atoms with Crippen LogP contribution in [0.5, 0.6) is 0 Å². The first-order chi connectivity index (χ1) is 9.41. The van der Waals surface area contributed by atoms with Gasteiger partial charge in [0.2, 0.25) is 5.91 Å². The molecule has 2 rings (SSSR count). The van der Waals surface area contributed by atoms with Gasteiger partial charge >= 0.3 is 0 Å². The lowest BCUT2D eigenvalue weighted by molar-refractivity contribution is -0.122. The molecular formula is C14H17NO4S. The third kappa shape index (κ3) is 3.68. The molecule has 1 aromatic carbocycles. The van der Waals surface area contributed by atoms with Crippen LogP contribution in [0, 0.1) is 5.41 Å². The van der Waals surface area contributed by atoms with Gasteiger partial charge in [-0.15, -0.1) is 0 Å². The summed E-state index contributed by atoms with van der Waals surface area (Å²) in [5.41, 5.74) is -0.0399. The van der Waals surface area contributed by atoms with E-state index in [0.29, 0.717) is 19.8 Å². The number of ether oxygens (including phenoxy) is 1. The molecule has 0 saturated carbocycles. The van der Waals surface area contributed by atoms with Crippen LogP contribution in [0.15, 0.2) is 46.7 Å². The molecule has 1 aliphatic heterocycles. The molecule has 1 heterocycles. The van der Waals surface area contributed by atoms with E-state index in [1.807, 2.05) is 6.92 Å². The number of hydrogen-bond donors (Lipinski definition) is 1. The summed E-state index contributed by atoms with van der Waals surface area (Å²) < 4.78 is 28.9. The Kier molecular flexibility index (Phi) is 4.25. The molecule has 1 amide bonds. The zero-order valence-electron chi connectivity index (χ0n) is 11.2. The molecule has 0 aromatic heterocycles. The predicted molar refractivity (Wildman–Crippen MR) is 74.7 cm³/mol. The van der Waals surface area contributed by atoms with Gasteiger partial charge in [-0.05, 0) is 12.1 Å². The number of amides is 1. The Bertz CT molecular complexity index is 603. The molecular weight excluding hydrogens is 278 g/mol. The van der Waals surface area contributed by atoms with Crippen molar-refractivity contribution < 1.29 is 17.9 Å². The highest BCUT2D eigenvalue weighted by Gasteiger charge is 2.33. The maximum absolute atomic E-state index is 11.9. The van der Waals surface area contributed by atoms with Crippen molar-refractivity contribution in [2.45, 2.75) is 11.8 Å². The monoisotopic (exact) mass is 295 g/mol. The molecule has 5 nitrogen and oxygen atoms in total. The van der Waals surface area contributed by atoms with Crippen LogP contribution in [0.3, 0.4) is 0 Å². The summed E-state index contributed by atoms with van der Waals surface area (Å²) in [5, 5.41) is 3.61. The maximum atomic E-state index is 11.9. The van der Waals surface area contributed by atoms with Crippen molar-refractivity contribution in [3.8, 4) is 0 Å². The molecule has 0 bridgehead atoms. The molecule has 0 spiro atoms. The predicted octanol–water partition coefficient (Wildman–Crippen LogP) is 1.13. The normalized spacial score (nSPS) is 17.6. The van der Waals surface area contributed by atoms with E-state index in [-0.39, 0.29) is 10.3 Å². The Morgan fingerprint density at radius 1 is 1.35 bits per heavy atom. The van der Waals surface area contributed by atoms with Gasteiger partial charge in [0.15, 0.2) is 9.84 Å². The van der Waals surface area contributed by atoms with Gasteiger partial charge in [0.1, 0.15) is 0 Å². The van der Waals surface area contributed by atoms with Gasteiger partial charge in [-0.2, -0.15) is 0 Å². The highest BCUT2D eigenvalue weighted by molar-refractivity contribution is 7.94. The molecule has 108 valence electrons. The summed E-state index contributed by atoms with van der Waals surface area (Å²) in [6.07, 6.45) is 1.05. The van der Waals surface area contributed by atoms with E-state index in [0.717, 1.165) is 11.5 Å². The van der Waals surface area contributed by atoms with E-state index in [9.17, 15) is 13.2 Å². The van der Waals surface area contributed by atoms with Crippen LogP contribution in [0.25, 0.3) is 0 Å². The quantitative estimate of drug-likeness (QED) is 0.826. The minimum atomic E-state index is -3.57. The molecule has 1 aliphatic rings. The number of carbonyl (C=O) groups is 1. The first-order valence-corrected chi connectivity index (χ1v) is 7.80. The van der Waals surface area contributed by atoms with Crippen LogP contribution in [-0.2, 0) is 19.4 Å². The number of sulfone groups is 1. The zero-order valence-corrected chi connectivity index (χ0v) is 12.0. The number of carbonyl (C=O) groups excluding carboxylic acids is 1. The third-order valence-electron chi connectivity index (χ3n) is 3.06. The molecule has 1 N–H and O–H groups in total. The zero-order chi connectivity index (χ0) is 14.6. The largest absolute Gasteiger partial charge is 0.380 e. The lowest BCUT2D eigenvalue weighted by Crippen LogP contribution is -2.48. The van der Waals surface area contributed by atoms with Gasteiger partial charge in [-0.3, -0.25) is 4.79 Å². The van der Waals surface area contributed by atoms with Crippen molar-refractivity contribution in [2.75, 3.05) is 19.8 Å². The van der Waals surface area contributed by atoms with Crippen molar-refractivity contribution >= 4 is 15.7 Å². The van der Waals surface area contributed by atoms with Crippen molar-refractivity contribution in [2.24, 2.45) is 5.41 Å². The molecule has 20 heavy (non-hydrogen) atoms. The highest BCUT2D eigenvalue weighted by atomic mass is 32.2. The van der Waals surface area contributed by atoms with Gasteiger partial charge in [-0.1, -0.05) is 25.1 Å². The Labute approximate surface area is 118 Å². The van der Waals surface area contributed by atoms with E-state index in [2.05, 4.69) is 5.32 Å². The second kappa shape index (κ2) is 5.76. The average molecular weight is 295 g/mol. The summed E-state index contributed by atoms with van der Waals surface area (Å²) >= 11 is 0. The Hall–Kier alpha value is -1.66. The number of hydrogen-bond acceptors (Lipinski definition) is 4. The van der Waals surface area contributed by atoms with E-state index in [1.165, 1.54) is 12.1 Å². The fourth-order valence-corrected chi connectivity index (χ4v) is 2.75. The SMILES string of the molecule is CC1(CNC(=O)/C=C/S(=O)(=O)c2ccccc2)COC1. The summed E-state index contributed by atoms with van der Waals surface area (Å²) in [6, 6.07) is 7.99. The first kappa shape index (κ1) is 14.7. The summed E-state index contributed by atoms with van der Waals surface area (Å²) in [5.74, 6) is -0.419. The number of nitrogens with one attached hydrogen (secondary N) is 1. The minimum absolute atomic E-state index is 0.0399. The van der Waals surface area contributed by atoms with Crippen LogP contribution >= 0.6 is 0 Å². The molecule has 1 fully saturated rings. The van der Waals surface area contributed by atoms with E-state index >= 15 is 0 Å². The van der Waals surface area contributed by atoms with Gasteiger partial charge < -0.3 is 10.1 Å². The van der Waals surface area contributed by atoms with Gasteiger partial charge in [0.25, 0.3) is 0 Å². The van der Waals surface area contributed by atoms with Crippen molar-refractivity contribution in [3.05, 3.63) is 41.8 Å². The fraction of sp³-hybridized carbons (Fsp3) is 0.357. The summed E-state index contributed by atoms with van der Waals surface area (Å²) in [4.78, 5) is 11.8. The van der Waals surface area contributed by atoms with Crippen LogP contribution in [0.1, 0.15) is 6.92 Å². The van der Waals surface area contributed by atoms with Gasteiger partial charge in [0, 0.05) is 23.4 Å². The second-order valence-electron chi connectivity index (χ2n) is 5.18. The summed E-state index contributed by atoms with van der Waals surface area (Å²) in [6.45, 7) is 3.70. The number of benzene rings is 1. The third-order valence-corrected chi connectivity index (χ3v) is 4.48. The van der Waals surface area contributed by atoms with Crippen molar-refractivity contribution in [1.82, 2.24) is 5.32 Å². The van der Waals surface area contributed by atoms with E-state index in [1.54, 1.807) is 18.2 Å². The van der Waals surface area contributed by atoms with Crippen LogP contribution < -0.4 is 5.32 Å². The van der Waals surface area contributed by atoms with E-state index in [4.69, 9.17) is 4.74 Å². The molecule has 6 heteroatoms. The smallest absolute Gasteiger partial charge is 0.244 e. The number of rotatable bonds is 5. The molecule has 1 saturated heterocycles. The fourth-order valence-electron chi connectivity index (χ4n) is 1.75.